The highest BCUT2D eigenvalue weighted by atomic mass is 16.6. The fourth-order valence-electron chi connectivity index (χ4n) is 2.79. The average molecular weight is 253 g/mol. The van der Waals surface area contributed by atoms with Crippen molar-refractivity contribution in [3.8, 4) is 0 Å². The lowest BCUT2D eigenvalue weighted by atomic mass is 9.92. The largest absolute Gasteiger partial charge is 0.444 e. The Hall–Kier alpha value is -1.06. The molecule has 1 heterocycles. The molecule has 0 bridgehead atoms. The normalized spacial score (nSPS) is 31.9. The third kappa shape index (κ3) is 3.24. The van der Waals surface area contributed by atoms with Gasteiger partial charge in [0, 0.05) is 19.0 Å². The van der Waals surface area contributed by atoms with Gasteiger partial charge in [-0.25, -0.2) is 4.79 Å². The molecule has 4 heteroatoms. The van der Waals surface area contributed by atoms with E-state index in [0.717, 1.165) is 38.6 Å². The van der Waals surface area contributed by atoms with Crippen molar-refractivity contribution in [3.63, 3.8) is 0 Å². The predicted octanol–water partition coefficient (Wildman–Crippen LogP) is 2.47. The standard InChI is InChI=1S/C14H23NO3/c1-14(2,3)18-13(17)15-6-4-5-10(8-15)12-7-11(12)9-16/h9-12H,4-8H2,1-3H3/t10-,11-,12-/m0/s1. The summed E-state index contributed by atoms with van der Waals surface area (Å²) >= 11 is 0. The van der Waals surface area contributed by atoms with Crippen molar-refractivity contribution in [1.29, 1.82) is 0 Å². The molecule has 2 fully saturated rings. The van der Waals surface area contributed by atoms with Gasteiger partial charge in [0.05, 0.1) is 0 Å². The molecule has 4 nitrogen and oxygen atoms in total. The Bertz CT molecular complexity index is 334. The summed E-state index contributed by atoms with van der Waals surface area (Å²) in [6.45, 7) is 7.19. The number of rotatable bonds is 2. The second-order valence-electron chi connectivity index (χ2n) is 6.53. The third-order valence-corrected chi connectivity index (χ3v) is 3.78. The topological polar surface area (TPSA) is 46.6 Å². The summed E-state index contributed by atoms with van der Waals surface area (Å²) in [5, 5.41) is 0. The van der Waals surface area contributed by atoms with E-state index in [2.05, 4.69) is 0 Å². The molecule has 1 saturated carbocycles. The first-order valence-electron chi connectivity index (χ1n) is 6.84. The van der Waals surface area contributed by atoms with E-state index < -0.39 is 5.60 Å². The molecule has 0 aromatic carbocycles. The number of amides is 1. The predicted molar refractivity (Wildman–Crippen MR) is 68.2 cm³/mol. The van der Waals surface area contributed by atoms with Gasteiger partial charge < -0.3 is 14.4 Å². The fraction of sp³-hybridized carbons (Fsp3) is 0.857. The zero-order valence-electron chi connectivity index (χ0n) is 11.5. The molecule has 1 aliphatic heterocycles. The van der Waals surface area contributed by atoms with Crippen LogP contribution in [-0.4, -0.2) is 36.0 Å². The summed E-state index contributed by atoms with van der Waals surface area (Å²) in [7, 11) is 0. The first-order chi connectivity index (χ1) is 8.40. The molecule has 0 N–H and O–H groups in total. The molecule has 0 unspecified atom stereocenters. The van der Waals surface area contributed by atoms with Gasteiger partial charge in [-0.3, -0.25) is 0 Å². The summed E-state index contributed by atoms with van der Waals surface area (Å²) in [5.74, 6) is 1.24. The van der Waals surface area contributed by atoms with Gasteiger partial charge in [0.25, 0.3) is 0 Å². The zero-order chi connectivity index (χ0) is 13.3. The maximum atomic E-state index is 12.0. The molecule has 3 atom stereocenters. The maximum Gasteiger partial charge on any atom is 0.410 e. The van der Waals surface area contributed by atoms with Crippen molar-refractivity contribution < 1.29 is 14.3 Å². The van der Waals surface area contributed by atoms with Gasteiger partial charge in [0.15, 0.2) is 0 Å². The van der Waals surface area contributed by atoms with Crippen LogP contribution in [0.3, 0.4) is 0 Å². The molecule has 18 heavy (non-hydrogen) atoms. The van der Waals surface area contributed by atoms with Crippen LogP contribution in [0.5, 0.6) is 0 Å². The Morgan fingerprint density at radius 1 is 1.39 bits per heavy atom. The van der Waals surface area contributed by atoms with Gasteiger partial charge in [0.1, 0.15) is 11.9 Å². The molecule has 0 spiro atoms. The van der Waals surface area contributed by atoms with E-state index in [1.807, 2.05) is 20.8 Å². The van der Waals surface area contributed by atoms with Crippen molar-refractivity contribution >= 4 is 12.4 Å². The van der Waals surface area contributed by atoms with Gasteiger partial charge in [-0.2, -0.15) is 0 Å². The van der Waals surface area contributed by atoms with Gasteiger partial charge in [-0.1, -0.05) is 0 Å². The Morgan fingerprint density at radius 2 is 2.11 bits per heavy atom. The lowest BCUT2D eigenvalue weighted by molar-refractivity contribution is -0.109. The van der Waals surface area contributed by atoms with Crippen LogP contribution in [0, 0.1) is 17.8 Å². The van der Waals surface area contributed by atoms with Gasteiger partial charge in [-0.15, -0.1) is 0 Å². The number of carbonyl (C=O) groups excluding carboxylic acids is 2. The summed E-state index contributed by atoms with van der Waals surface area (Å²) in [6.07, 6.45) is 4.02. The highest BCUT2D eigenvalue weighted by Crippen LogP contribution is 2.45. The average Bonchev–Trinajstić information content (AvgIpc) is 3.06. The van der Waals surface area contributed by atoms with Crippen molar-refractivity contribution in [2.24, 2.45) is 17.8 Å². The number of hydrogen-bond donors (Lipinski definition) is 0. The van der Waals surface area contributed by atoms with E-state index in [1.54, 1.807) is 4.90 Å². The molecule has 1 aliphatic carbocycles. The number of likely N-dealkylation sites (tertiary alicyclic amines) is 1. The molecular weight excluding hydrogens is 230 g/mol. The fourth-order valence-corrected chi connectivity index (χ4v) is 2.79. The highest BCUT2D eigenvalue weighted by Gasteiger charge is 2.44. The Balaban J connectivity index is 1.87. The minimum atomic E-state index is -0.436. The Kier molecular flexibility index (Phi) is 3.64. The molecule has 1 amide bonds. The number of ether oxygens (including phenoxy) is 1. The van der Waals surface area contributed by atoms with Crippen LogP contribution in [0.15, 0.2) is 0 Å². The van der Waals surface area contributed by atoms with Crippen LogP contribution in [0.2, 0.25) is 0 Å². The van der Waals surface area contributed by atoms with Crippen LogP contribution in [0.25, 0.3) is 0 Å². The van der Waals surface area contributed by atoms with E-state index in [9.17, 15) is 9.59 Å². The summed E-state index contributed by atoms with van der Waals surface area (Å²) < 4.78 is 5.40. The quantitative estimate of drug-likeness (QED) is 0.710. The van der Waals surface area contributed by atoms with Crippen LogP contribution in [0.4, 0.5) is 4.79 Å². The van der Waals surface area contributed by atoms with E-state index in [1.165, 1.54) is 0 Å². The summed E-state index contributed by atoms with van der Waals surface area (Å²) in [5.41, 5.74) is -0.436. The van der Waals surface area contributed by atoms with E-state index in [0.29, 0.717) is 11.8 Å². The first-order valence-corrected chi connectivity index (χ1v) is 6.84. The second-order valence-corrected chi connectivity index (χ2v) is 6.53. The van der Waals surface area contributed by atoms with Gasteiger partial charge in [0.2, 0.25) is 0 Å². The molecular formula is C14H23NO3. The summed E-state index contributed by atoms with van der Waals surface area (Å²) in [4.78, 5) is 24.5. The molecule has 102 valence electrons. The van der Waals surface area contributed by atoms with E-state index >= 15 is 0 Å². The van der Waals surface area contributed by atoms with Crippen LogP contribution >= 0.6 is 0 Å². The van der Waals surface area contributed by atoms with Gasteiger partial charge >= 0.3 is 6.09 Å². The van der Waals surface area contributed by atoms with Crippen LogP contribution in [-0.2, 0) is 9.53 Å². The number of piperidine rings is 1. The smallest absolute Gasteiger partial charge is 0.410 e. The van der Waals surface area contributed by atoms with E-state index in [4.69, 9.17) is 4.74 Å². The number of nitrogens with zero attached hydrogens (tertiary/aromatic N) is 1. The van der Waals surface area contributed by atoms with Crippen LogP contribution < -0.4 is 0 Å². The molecule has 0 aromatic rings. The Morgan fingerprint density at radius 3 is 2.67 bits per heavy atom. The lowest BCUT2D eigenvalue weighted by Crippen LogP contribution is -2.43. The minimum absolute atomic E-state index is 0.212. The number of hydrogen-bond acceptors (Lipinski definition) is 3. The highest BCUT2D eigenvalue weighted by molar-refractivity contribution is 5.68. The van der Waals surface area contributed by atoms with Crippen LogP contribution in [0.1, 0.15) is 40.0 Å². The monoisotopic (exact) mass is 253 g/mol. The second kappa shape index (κ2) is 4.90. The molecule has 2 rings (SSSR count). The SMILES string of the molecule is CC(C)(C)OC(=O)N1CCC[C@H]([C@@H]2C[C@H]2C=O)C1. The molecule has 0 aromatic heterocycles. The molecule has 2 aliphatic rings. The minimum Gasteiger partial charge on any atom is -0.444 e. The number of carbonyl (C=O) groups is 2. The number of aldehydes is 1. The van der Waals surface area contributed by atoms with Crippen molar-refractivity contribution in [2.75, 3.05) is 13.1 Å². The zero-order valence-corrected chi connectivity index (χ0v) is 11.5. The molecule has 0 radical (unpaired) electrons. The van der Waals surface area contributed by atoms with Crippen molar-refractivity contribution in [2.45, 2.75) is 45.6 Å². The van der Waals surface area contributed by atoms with Gasteiger partial charge in [-0.05, 0) is 51.9 Å². The van der Waals surface area contributed by atoms with Crippen molar-refractivity contribution in [3.05, 3.63) is 0 Å². The summed E-state index contributed by atoms with van der Waals surface area (Å²) in [6, 6.07) is 0. The van der Waals surface area contributed by atoms with E-state index in [-0.39, 0.29) is 12.0 Å². The Labute approximate surface area is 109 Å². The molecule has 1 saturated heterocycles. The first kappa shape index (κ1) is 13.4. The van der Waals surface area contributed by atoms with Crippen molar-refractivity contribution in [1.82, 2.24) is 4.90 Å². The maximum absolute atomic E-state index is 12.0. The lowest BCUT2D eigenvalue weighted by Gasteiger charge is -2.34. The third-order valence-electron chi connectivity index (χ3n) is 3.78.